The fourth-order valence-electron chi connectivity index (χ4n) is 3.09. The molecule has 0 bridgehead atoms. The van der Waals surface area contributed by atoms with E-state index in [9.17, 15) is 23.2 Å². The van der Waals surface area contributed by atoms with Crippen LogP contribution in [-0.4, -0.2) is 36.8 Å². The number of allylic oxidation sites excluding steroid dienone is 1. The van der Waals surface area contributed by atoms with Crippen LogP contribution in [0.1, 0.15) is 30.6 Å². The van der Waals surface area contributed by atoms with Crippen LogP contribution in [0.4, 0.5) is 20.2 Å². The number of aliphatic imine (C=N–C) groups is 1. The summed E-state index contributed by atoms with van der Waals surface area (Å²) in [5.74, 6) is -3.78. The highest BCUT2D eigenvalue weighted by Gasteiger charge is 2.26. The summed E-state index contributed by atoms with van der Waals surface area (Å²) in [7, 11) is 0. The molecule has 1 aliphatic heterocycles. The van der Waals surface area contributed by atoms with Crippen molar-refractivity contribution < 1.29 is 27.9 Å². The van der Waals surface area contributed by atoms with E-state index in [1.807, 2.05) is 0 Å². The molecule has 2 aromatic rings. The average molecular weight is 456 g/mol. The van der Waals surface area contributed by atoms with Gasteiger partial charge in [-0.2, -0.15) is 0 Å². The van der Waals surface area contributed by atoms with Gasteiger partial charge in [0.1, 0.15) is 23.0 Å². The Morgan fingerprint density at radius 2 is 1.88 bits per heavy atom. The molecule has 3 rings (SSSR count). The molecule has 0 aromatic heterocycles. The van der Waals surface area contributed by atoms with Gasteiger partial charge in [-0.15, -0.1) is 0 Å². The number of nitrogens with one attached hydrogen (secondary N) is 3. The van der Waals surface area contributed by atoms with Gasteiger partial charge in [-0.3, -0.25) is 9.59 Å². The number of rotatable bonds is 6. The maximum atomic E-state index is 13.7. The maximum Gasteiger partial charge on any atom is 0.343 e. The maximum absolute atomic E-state index is 13.7. The van der Waals surface area contributed by atoms with Gasteiger partial charge in [0.2, 0.25) is 5.91 Å². The van der Waals surface area contributed by atoms with E-state index in [2.05, 4.69) is 20.9 Å². The Morgan fingerprint density at radius 3 is 2.61 bits per heavy atom. The molecule has 10 heteroatoms. The molecule has 0 spiro atoms. The van der Waals surface area contributed by atoms with E-state index in [0.29, 0.717) is 23.1 Å². The first kappa shape index (κ1) is 23.6. The van der Waals surface area contributed by atoms with Gasteiger partial charge >= 0.3 is 5.97 Å². The van der Waals surface area contributed by atoms with Gasteiger partial charge in [0, 0.05) is 24.7 Å². The van der Waals surface area contributed by atoms with Crippen molar-refractivity contribution in [3.05, 3.63) is 70.9 Å². The zero-order valence-corrected chi connectivity index (χ0v) is 18.0. The average Bonchev–Trinajstić information content (AvgIpc) is 2.88. The summed E-state index contributed by atoms with van der Waals surface area (Å²) >= 11 is 0. The number of hydrogen-bond donors (Lipinski definition) is 3. The predicted molar refractivity (Wildman–Crippen MR) is 118 cm³/mol. The first-order valence-corrected chi connectivity index (χ1v) is 10.2. The number of nitrogens with zero attached hydrogens (tertiary/aromatic N) is 1. The smallest absolute Gasteiger partial charge is 0.343 e. The molecule has 172 valence electrons. The summed E-state index contributed by atoms with van der Waals surface area (Å²) in [6.07, 6.45) is -0.183. The van der Waals surface area contributed by atoms with Crippen LogP contribution < -0.4 is 16.0 Å². The number of anilines is 1. The van der Waals surface area contributed by atoms with Crippen molar-refractivity contribution in [2.24, 2.45) is 4.99 Å². The third-order valence-electron chi connectivity index (χ3n) is 4.62. The molecule has 0 fully saturated rings. The monoisotopic (exact) mass is 456 g/mol. The van der Waals surface area contributed by atoms with Crippen LogP contribution in [0, 0.1) is 11.6 Å². The molecule has 0 unspecified atom stereocenters. The number of esters is 1. The summed E-state index contributed by atoms with van der Waals surface area (Å²) in [6, 6.07) is 9.64. The number of halogens is 2. The van der Waals surface area contributed by atoms with Crippen molar-refractivity contribution in [2.75, 3.05) is 18.5 Å². The largest absolute Gasteiger partial charge is 0.462 e. The van der Waals surface area contributed by atoms with E-state index >= 15 is 0 Å². The van der Waals surface area contributed by atoms with E-state index < -0.39 is 29.4 Å². The van der Waals surface area contributed by atoms with E-state index in [1.54, 1.807) is 38.1 Å². The molecule has 2 amide bonds. The Morgan fingerprint density at radius 1 is 1.12 bits per heavy atom. The van der Waals surface area contributed by atoms with Crippen LogP contribution in [-0.2, 0) is 14.3 Å². The first-order chi connectivity index (χ1) is 15.8. The van der Waals surface area contributed by atoms with Gasteiger partial charge in [-0.25, -0.2) is 18.6 Å². The second kappa shape index (κ2) is 10.5. The van der Waals surface area contributed by atoms with Crippen molar-refractivity contribution >= 4 is 35.0 Å². The standard InChI is InChI=1S/C23H22F2N4O4/c1-3-33-23(32)20-13(2)27-17-6-4-5-7-18(17)28-21(20)29-19(30)10-11-26-22(31)15-9-8-14(24)12-16(15)25/h4-9,12,27H,3,10-11H2,1-2H3,(H,26,31)(H,28,29,30). The minimum Gasteiger partial charge on any atom is -0.462 e. The number of ether oxygens (including phenoxy) is 1. The van der Waals surface area contributed by atoms with Crippen LogP contribution in [0.5, 0.6) is 0 Å². The SMILES string of the molecule is CCOC(=O)C1=C(C)Nc2ccccc2N=C1NC(=O)CCNC(=O)c1ccc(F)cc1F. The van der Waals surface area contributed by atoms with E-state index in [0.717, 1.165) is 12.1 Å². The van der Waals surface area contributed by atoms with Crippen LogP contribution in [0.3, 0.4) is 0 Å². The number of carbonyl (C=O) groups is 3. The summed E-state index contributed by atoms with van der Waals surface area (Å²) < 4.78 is 31.8. The minimum atomic E-state index is -1.00. The fourth-order valence-corrected chi connectivity index (χ4v) is 3.09. The van der Waals surface area contributed by atoms with Crippen molar-refractivity contribution in [3.8, 4) is 0 Å². The Labute approximate surface area is 188 Å². The summed E-state index contributed by atoms with van der Waals surface area (Å²) in [5, 5.41) is 8.08. The van der Waals surface area contributed by atoms with Gasteiger partial charge in [-0.05, 0) is 38.1 Å². The molecule has 2 aromatic carbocycles. The third kappa shape index (κ3) is 5.79. The molecule has 0 aliphatic carbocycles. The molecule has 3 N–H and O–H groups in total. The van der Waals surface area contributed by atoms with Crippen LogP contribution >= 0.6 is 0 Å². The summed E-state index contributed by atoms with van der Waals surface area (Å²) in [4.78, 5) is 41.6. The molecule has 33 heavy (non-hydrogen) atoms. The zero-order valence-electron chi connectivity index (χ0n) is 18.0. The second-order valence-corrected chi connectivity index (χ2v) is 7.00. The Kier molecular flexibility index (Phi) is 7.50. The molecule has 0 radical (unpaired) electrons. The quantitative estimate of drug-likeness (QED) is 0.579. The Balaban J connectivity index is 1.71. The number of benzene rings is 2. The lowest BCUT2D eigenvalue weighted by molar-refractivity contribution is -0.137. The molecule has 1 heterocycles. The number of para-hydroxylation sites is 2. The number of amides is 2. The van der Waals surface area contributed by atoms with Crippen LogP contribution in [0.25, 0.3) is 0 Å². The third-order valence-corrected chi connectivity index (χ3v) is 4.62. The lowest BCUT2D eigenvalue weighted by atomic mass is 10.1. The van der Waals surface area contributed by atoms with Gasteiger partial charge in [0.15, 0.2) is 0 Å². The van der Waals surface area contributed by atoms with Crippen molar-refractivity contribution in [1.29, 1.82) is 0 Å². The lowest BCUT2D eigenvalue weighted by Crippen LogP contribution is -2.37. The Hall–Kier alpha value is -4.08. The van der Waals surface area contributed by atoms with Gasteiger partial charge < -0.3 is 20.7 Å². The fraction of sp³-hybridized carbons (Fsp3) is 0.217. The van der Waals surface area contributed by atoms with Gasteiger partial charge in [0.05, 0.1) is 23.5 Å². The van der Waals surface area contributed by atoms with Crippen LogP contribution in [0.15, 0.2) is 58.7 Å². The summed E-state index contributed by atoms with van der Waals surface area (Å²) in [6.45, 7) is 3.33. The van der Waals surface area contributed by atoms with Crippen LogP contribution in [0.2, 0.25) is 0 Å². The van der Waals surface area contributed by atoms with E-state index in [-0.39, 0.29) is 36.5 Å². The van der Waals surface area contributed by atoms with Crippen molar-refractivity contribution in [3.63, 3.8) is 0 Å². The highest BCUT2D eigenvalue weighted by Crippen LogP contribution is 2.30. The van der Waals surface area contributed by atoms with Gasteiger partial charge in [0.25, 0.3) is 5.91 Å². The molecular formula is C23H22F2N4O4. The highest BCUT2D eigenvalue weighted by atomic mass is 19.1. The molecular weight excluding hydrogens is 434 g/mol. The summed E-state index contributed by atoms with van der Waals surface area (Å²) in [5.41, 5.74) is 1.33. The van der Waals surface area contributed by atoms with E-state index in [4.69, 9.17) is 4.74 Å². The normalized spacial score (nSPS) is 12.7. The molecule has 1 aliphatic rings. The molecule has 8 nitrogen and oxygen atoms in total. The first-order valence-electron chi connectivity index (χ1n) is 10.2. The second-order valence-electron chi connectivity index (χ2n) is 7.00. The molecule has 0 saturated carbocycles. The molecule has 0 saturated heterocycles. The van der Waals surface area contributed by atoms with Crippen molar-refractivity contribution in [1.82, 2.24) is 10.6 Å². The number of hydrogen-bond acceptors (Lipinski definition) is 6. The highest BCUT2D eigenvalue weighted by molar-refractivity contribution is 6.24. The number of carbonyl (C=O) groups excluding carboxylic acids is 3. The number of fused-ring (bicyclic) bond motifs is 1. The topological polar surface area (TPSA) is 109 Å². The predicted octanol–water partition coefficient (Wildman–Crippen LogP) is 3.19. The Bertz CT molecular complexity index is 1160. The lowest BCUT2D eigenvalue weighted by Gasteiger charge is -2.13. The zero-order chi connectivity index (χ0) is 24.0. The minimum absolute atomic E-state index is 0.00399. The number of amidine groups is 1. The molecule has 0 atom stereocenters. The van der Waals surface area contributed by atoms with Crippen molar-refractivity contribution in [2.45, 2.75) is 20.3 Å². The van der Waals surface area contributed by atoms with Gasteiger partial charge in [-0.1, -0.05) is 12.1 Å². The van der Waals surface area contributed by atoms with E-state index in [1.165, 1.54) is 0 Å².